The second kappa shape index (κ2) is 8.54. The normalized spacial score (nSPS) is 20.3. The summed E-state index contributed by atoms with van der Waals surface area (Å²) < 4.78 is 13.3. The second-order valence-electron chi connectivity index (χ2n) is 5.65. The SMILES string of the molecule is Cl.Cl.Fc1ccc([C@@H](CC2CC2)N2CCNCC2)cc1Cl. The van der Waals surface area contributed by atoms with Crippen LogP contribution >= 0.6 is 36.4 Å². The van der Waals surface area contributed by atoms with Gasteiger partial charge in [-0.25, -0.2) is 4.39 Å². The van der Waals surface area contributed by atoms with Gasteiger partial charge in [-0.15, -0.1) is 24.8 Å². The van der Waals surface area contributed by atoms with Gasteiger partial charge in [-0.1, -0.05) is 30.5 Å². The van der Waals surface area contributed by atoms with Crippen LogP contribution in [0.2, 0.25) is 5.02 Å². The van der Waals surface area contributed by atoms with Crippen molar-refractivity contribution in [2.24, 2.45) is 5.92 Å². The number of rotatable bonds is 4. The Labute approximate surface area is 143 Å². The van der Waals surface area contributed by atoms with Gasteiger partial charge in [0.1, 0.15) is 5.82 Å². The third kappa shape index (κ3) is 4.97. The van der Waals surface area contributed by atoms with Gasteiger partial charge in [0, 0.05) is 32.2 Å². The molecule has 0 bridgehead atoms. The van der Waals surface area contributed by atoms with Gasteiger partial charge in [-0.05, 0) is 30.0 Å². The lowest BCUT2D eigenvalue weighted by atomic mass is 9.98. The first-order valence-corrected chi connectivity index (χ1v) is 7.51. The van der Waals surface area contributed by atoms with Crippen LogP contribution in [0.4, 0.5) is 4.39 Å². The van der Waals surface area contributed by atoms with Crippen molar-refractivity contribution in [2.45, 2.75) is 25.3 Å². The number of benzene rings is 1. The maximum absolute atomic E-state index is 13.3. The van der Waals surface area contributed by atoms with Gasteiger partial charge in [-0.3, -0.25) is 4.90 Å². The molecule has 0 spiro atoms. The predicted molar refractivity (Wildman–Crippen MR) is 90.4 cm³/mol. The molecule has 0 amide bonds. The van der Waals surface area contributed by atoms with Crippen LogP contribution in [0.15, 0.2) is 18.2 Å². The fraction of sp³-hybridized carbons (Fsp3) is 0.600. The minimum absolute atomic E-state index is 0. The topological polar surface area (TPSA) is 15.3 Å². The smallest absolute Gasteiger partial charge is 0.141 e. The molecule has 1 aromatic carbocycles. The van der Waals surface area contributed by atoms with E-state index in [0.717, 1.165) is 32.1 Å². The minimum atomic E-state index is -0.323. The Hall–Kier alpha value is -0.0600. The molecule has 0 radical (unpaired) electrons. The Morgan fingerprint density at radius 1 is 1.24 bits per heavy atom. The molecule has 3 rings (SSSR count). The van der Waals surface area contributed by atoms with Gasteiger partial charge < -0.3 is 5.32 Å². The van der Waals surface area contributed by atoms with E-state index in [-0.39, 0.29) is 35.7 Å². The molecule has 1 aliphatic carbocycles. The van der Waals surface area contributed by atoms with E-state index in [4.69, 9.17) is 11.6 Å². The highest BCUT2D eigenvalue weighted by atomic mass is 35.5. The predicted octanol–water partition coefficient (Wildman–Crippen LogP) is 4.07. The third-order valence-corrected chi connectivity index (χ3v) is 4.46. The number of hydrogen-bond donors (Lipinski definition) is 1. The Morgan fingerprint density at radius 3 is 2.48 bits per heavy atom. The van der Waals surface area contributed by atoms with E-state index in [1.807, 2.05) is 12.1 Å². The summed E-state index contributed by atoms with van der Waals surface area (Å²) in [5, 5.41) is 3.63. The van der Waals surface area contributed by atoms with E-state index in [2.05, 4.69) is 10.2 Å². The maximum Gasteiger partial charge on any atom is 0.141 e. The summed E-state index contributed by atoms with van der Waals surface area (Å²) in [6.45, 7) is 4.20. The van der Waals surface area contributed by atoms with Crippen LogP contribution in [-0.4, -0.2) is 31.1 Å². The molecule has 2 aliphatic rings. The molecule has 1 atom stereocenters. The zero-order chi connectivity index (χ0) is 13.2. The monoisotopic (exact) mass is 354 g/mol. The summed E-state index contributed by atoms with van der Waals surface area (Å²) >= 11 is 5.94. The Kier molecular flexibility index (Phi) is 7.72. The standard InChI is InChI=1S/C15H20ClFN2.2ClH/c16-13-10-12(3-4-14(13)17)15(9-11-1-2-11)19-7-5-18-6-8-19;;/h3-4,10-11,15,18H,1-2,5-9H2;2*1H/t15-;;/m1../s1. The number of hydrogen-bond acceptors (Lipinski definition) is 2. The van der Waals surface area contributed by atoms with Crippen molar-refractivity contribution < 1.29 is 4.39 Å². The molecule has 1 aromatic rings. The largest absolute Gasteiger partial charge is 0.314 e. The molecule has 1 saturated heterocycles. The number of nitrogens with one attached hydrogen (secondary N) is 1. The molecule has 1 saturated carbocycles. The lowest BCUT2D eigenvalue weighted by Gasteiger charge is -2.35. The lowest BCUT2D eigenvalue weighted by molar-refractivity contribution is 0.160. The molecule has 0 aromatic heterocycles. The van der Waals surface area contributed by atoms with Gasteiger partial charge in [0.05, 0.1) is 5.02 Å². The number of nitrogens with zero attached hydrogens (tertiary/aromatic N) is 1. The van der Waals surface area contributed by atoms with Crippen LogP contribution in [0.25, 0.3) is 0 Å². The lowest BCUT2D eigenvalue weighted by Crippen LogP contribution is -2.45. The van der Waals surface area contributed by atoms with E-state index in [9.17, 15) is 4.39 Å². The van der Waals surface area contributed by atoms with Crippen LogP contribution in [0, 0.1) is 11.7 Å². The van der Waals surface area contributed by atoms with E-state index < -0.39 is 0 Å². The van der Waals surface area contributed by atoms with Gasteiger partial charge in [-0.2, -0.15) is 0 Å². The Balaban J connectivity index is 0.00000110. The fourth-order valence-corrected chi connectivity index (χ4v) is 3.07. The Morgan fingerprint density at radius 2 is 1.90 bits per heavy atom. The average molecular weight is 356 g/mol. The van der Waals surface area contributed by atoms with E-state index in [1.54, 1.807) is 0 Å². The summed E-state index contributed by atoms with van der Waals surface area (Å²) in [5.41, 5.74) is 1.17. The van der Waals surface area contributed by atoms with Crippen LogP contribution in [0.3, 0.4) is 0 Å². The molecule has 1 N–H and O–H groups in total. The molecule has 120 valence electrons. The van der Waals surface area contributed by atoms with Gasteiger partial charge in [0.25, 0.3) is 0 Å². The molecule has 21 heavy (non-hydrogen) atoms. The highest BCUT2D eigenvalue weighted by molar-refractivity contribution is 6.30. The van der Waals surface area contributed by atoms with Gasteiger partial charge in [0.15, 0.2) is 0 Å². The highest BCUT2D eigenvalue weighted by Crippen LogP contribution is 2.40. The zero-order valence-corrected chi connectivity index (χ0v) is 14.2. The molecular formula is C15H22Cl3FN2. The second-order valence-corrected chi connectivity index (χ2v) is 6.06. The van der Waals surface area contributed by atoms with Crippen LogP contribution in [0.5, 0.6) is 0 Å². The average Bonchev–Trinajstić information content (AvgIpc) is 3.24. The third-order valence-electron chi connectivity index (χ3n) is 4.17. The quantitative estimate of drug-likeness (QED) is 0.876. The summed E-state index contributed by atoms with van der Waals surface area (Å²) in [7, 11) is 0. The maximum atomic E-state index is 13.3. The zero-order valence-electron chi connectivity index (χ0n) is 11.9. The van der Waals surface area contributed by atoms with E-state index in [1.165, 1.54) is 30.9 Å². The van der Waals surface area contributed by atoms with Crippen molar-refractivity contribution in [1.29, 1.82) is 0 Å². The van der Waals surface area contributed by atoms with Crippen molar-refractivity contribution in [3.8, 4) is 0 Å². The van der Waals surface area contributed by atoms with Crippen molar-refractivity contribution >= 4 is 36.4 Å². The van der Waals surface area contributed by atoms with Crippen molar-refractivity contribution in [1.82, 2.24) is 10.2 Å². The Bertz CT molecular complexity index is 449. The van der Waals surface area contributed by atoms with Gasteiger partial charge in [0.2, 0.25) is 0 Å². The minimum Gasteiger partial charge on any atom is -0.314 e. The van der Waals surface area contributed by atoms with Crippen LogP contribution in [-0.2, 0) is 0 Å². The first kappa shape index (κ1) is 19.0. The molecule has 2 nitrogen and oxygen atoms in total. The molecule has 2 fully saturated rings. The van der Waals surface area contributed by atoms with Crippen LogP contribution in [0.1, 0.15) is 30.9 Å². The molecule has 0 unspecified atom stereocenters. The summed E-state index contributed by atoms with van der Waals surface area (Å²) in [6.07, 6.45) is 3.87. The number of halogens is 4. The molecular weight excluding hydrogens is 334 g/mol. The molecule has 6 heteroatoms. The van der Waals surface area contributed by atoms with Crippen molar-refractivity contribution in [2.75, 3.05) is 26.2 Å². The van der Waals surface area contributed by atoms with Crippen molar-refractivity contribution in [3.05, 3.63) is 34.6 Å². The number of piperazine rings is 1. The first-order valence-electron chi connectivity index (χ1n) is 7.14. The highest BCUT2D eigenvalue weighted by Gasteiger charge is 2.30. The molecule has 1 aliphatic heterocycles. The van der Waals surface area contributed by atoms with E-state index in [0.29, 0.717) is 6.04 Å². The van der Waals surface area contributed by atoms with Crippen LogP contribution < -0.4 is 5.32 Å². The van der Waals surface area contributed by atoms with Crippen molar-refractivity contribution in [3.63, 3.8) is 0 Å². The van der Waals surface area contributed by atoms with E-state index >= 15 is 0 Å². The first-order chi connectivity index (χ1) is 9.24. The van der Waals surface area contributed by atoms with Gasteiger partial charge >= 0.3 is 0 Å². The summed E-state index contributed by atoms with van der Waals surface area (Å²) in [5.74, 6) is 0.527. The fourth-order valence-electron chi connectivity index (χ4n) is 2.88. The summed E-state index contributed by atoms with van der Waals surface area (Å²) in [6, 6.07) is 5.61. The molecule has 1 heterocycles. The summed E-state index contributed by atoms with van der Waals surface area (Å²) in [4.78, 5) is 2.51.